The molecule has 3 fully saturated rings. The molecule has 0 radical (unpaired) electrons. The monoisotopic (exact) mass is 753 g/mol. The summed E-state index contributed by atoms with van der Waals surface area (Å²) in [5.74, 6) is -1.55. The molecule has 5 aromatic rings. The van der Waals surface area contributed by atoms with Crippen LogP contribution in [0.4, 0.5) is 17.2 Å². The van der Waals surface area contributed by atoms with Gasteiger partial charge in [0, 0.05) is 68.3 Å². The van der Waals surface area contributed by atoms with Crippen molar-refractivity contribution in [3.05, 3.63) is 101 Å². The molecule has 1 saturated carbocycles. The van der Waals surface area contributed by atoms with Crippen molar-refractivity contribution in [1.82, 2.24) is 40.0 Å². The number of fused-ring (bicyclic) bond motifs is 2. The Bertz CT molecular complexity index is 2420. The molecule has 0 bridgehead atoms. The predicted molar refractivity (Wildman–Crippen MR) is 205 cm³/mol. The third kappa shape index (κ3) is 6.46. The van der Waals surface area contributed by atoms with Crippen molar-refractivity contribution < 1.29 is 24.0 Å². The number of aromatic nitrogens is 5. The molecule has 3 aromatic heterocycles. The second-order valence-electron chi connectivity index (χ2n) is 14.7. The highest BCUT2D eigenvalue weighted by molar-refractivity contribution is 6.23. The average Bonchev–Trinajstić information content (AvgIpc) is 3.73. The molecule has 1 aliphatic carbocycles. The van der Waals surface area contributed by atoms with Crippen molar-refractivity contribution in [2.75, 3.05) is 41.3 Å². The van der Waals surface area contributed by atoms with Gasteiger partial charge in [0.15, 0.2) is 11.5 Å². The third-order valence-electron chi connectivity index (χ3n) is 11.1. The first-order valence-corrected chi connectivity index (χ1v) is 18.8. The Kier molecular flexibility index (Phi) is 8.86. The van der Waals surface area contributed by atoms with Crippen LogP contribution in [0.5, 0.6) is 0 Å². The lowest BCUT2D eigenvalue weighted by Crippen LogP contribution is -2.54. The SMILES string of the molecule is Cc1cccc(C(=O)NC2CC(n3cnc4c(NCc5cccc(N6CCN(c7ccc8c(c7)C(=O)N(C7CCC(=O)NC7=O)C8=O)CC6)c5)ncnc43)C2)n1. The van der Waals surface area contributed by atoms with Gasteiger partial charge in [-0.15, -0.1) is 0 Å². The molecule has 284 valence electrons. The summed E-state index contributed by atoms with van der Waals surface area (Å²) in [4.78, 5) is 86.8. The van der Waals surface area contributed by atoms with E-state index in [1.165, 1.54) is 0 Å². The van der Waals surface area contributed by atoms with Crippen LogP contribution in [0.25, 0.3) is 11.2 Å². The Balaban J connectivity index is 0.798. The highest BCUT2D eigenvalue weighted by atomic mass is 16.2. The van der Waals surface area contributed by atoms with Gasteiger partial charge in [-0.1, -0.05) is 18.2 Å². The smallest absolute Gasteiger partial charge is 0.270 e. The van der Waals surface area contributed by atoms with Crippen LogP contribution in [0.1, 0.15) is 74.2 Å². The molecule has 0 spiro atoms. The molecular formula is C40H39N11O5. The van der Waals surface area contributed by atoms with Crippen LogP contribution in [0.15, 0.2) is 73.3 Å². The van der Waals surface area contributed by atoms with E-state index in [0.717, 1.165) is 59.1 Å². The number of aryl methyl sites for hydroxylation is 1. The van der Waals surface area contributed by atoms with Gasteiger partial charge in [-0.3, -0.25) is 34.2 Å². The maximum atomic E-state index is 13.4. The van der Waals surface area contributed by atoms with E-state index in [2.05, 4.69) is 68.5 Å². The highest BCUT2D eigenvalue weighted by Gasteiger charge is 2.45. The zero-order chi connectivity index (χ0) is 38.5. The first-order chi connectivity index (χ1) is 27.2. The minimum Gasteiger partial charge on any atom is -0.368 e. The fourth-order valence-electron chi connectivity index (χ4n) is 8.04. The lowest BCUT2D eigenvalue weighted by Gasteiger charge is -2.37. The summed E-state index contributed by atoms with van der Waals surface area (Å²) in [7, 11) is 0. The number of amides is 5. The third-order valence-corrected chi connectivity index (χ3v) is 11.1. The van der Waals surface area contributed by atoms with Gasteiger partial charge >= 0.3 is 0 Å². The van der Waals surface area contributed by atoms with E-state index in [1.54, 1.807) is 30.9 Å². The topological polar surface area (TPSA) is 188 Å². The van der Waals surface area contributed by atoms with Gasteiger partial charge in [0.05, 0.1) is 17.5 Å². The normalized spacial score (nSPS) is 20.9. The van der Waals surface area contributed by atoms with Crippen LogP contribution in [0.3, 0.4) is 0 Å². The number of benzene rings is 2. The number of imide groups is 2. The molecule has 1 atom stereocenters. The zero-order valence-corrected chi connectivity index (χ0v) is 30.6. The van der Waals surface area contributed by atoms with Crippen molar-refractivity contribution in [2.45, 2.75) is 57.3 Å². The number of carbonyl (C=O) groups is 5. The number of rotatable bonds is 9. The van der Waals surface area contributed by atoms with Crippen molar-refractivity contribution in [3.8, 4) is 0 Å². The highest BCUT2D eigenvalue weighted by Crippen LogP contribution is 2.35. The molecule has 3 N–H and O–H groups in total. The summed E-state index contributed by atoms with van der Waals surface area (Å²) >= 11 is 0. The molecule has 16 nitrogen and oxygen atoms in total. The van der Waals surface area contributed by atoms with Crippen LogP contribution in [-0.4, -0.2) is 97.2 Å². The first kappa shape index (κ1) is 35.0. The van der Waals surface area contributed by atoms with E-state index in [1.807, 2.05) is 31.2 Å². The molecule has 3 aliphatic heterocycles. The number of nitrogens with zero attached hydrogens (tertiary/aromatic N) is 8. The number of piperazine rings is 1. The van der Waals surface area contributed by atoms with Crippen molar-refractivity contribution >= 4 is 57.9 Å². The number of imidazole rings is 1. The molecule has 9 rings (SSSR count). The van der Waals surface area contributed by atoms with Gasteiger partial charge in [-0.25, -0.2) is 19.9 Å². The number of hydrogen-bond acceptors (Lipinski definition) is 12. The summed E-state index contributed by atoms with van der Waals surface area (Å²) in [6, 6.07) is 18.3. The van der Waals surface area contributed by atoms with Gasteiger partial charge in [0.25, 0.3) is 17.7 Å². The van der Waals surface area contributed by atoms with Crippen molar-refractivity contribution in [1.29, 1.82) is 0 Å². The maximum absolute atomic E-state index is 13.4. The molecule has 16 heteroatoms. The molecular weight excluding hydrogens is 715 g/mol. The number of nitrogens with one attached hydrogen (secondary N) is 3. The Morgan fingerprint density at radius 3 is 2.38 bits per heavy atom. The van der Waals surface area contributed by atoms with Crippen molar-refractivity contribution in [2.24, 2.45) is 0 Å². The van der Waals surface area contributed by atoms with E-state index in [0.29, 0.717) is 36.7 Å². The fraction of sp³-hybridized carbons (Fsp3) is 0.325. The molecule has 2 aromatic carbocycles. The van der Waals surface area contributed by atoms with E-state index < -0.39 is 29.7 Å². The van der Waals surface area contributed by atoms with Gasteiger partial charge in [0.2, 0.25) is 11.8 Å². The Labute approximate surface area is 321 Å². The number of piperidine rings is 1. The zero-order valence-electron chi connectivity index (χ0n) is 30.6. The molecule has 4 aliphatic rings. The summed E-state index contributed by atoms with van der Waals surface area (Å²) in [5, 5.41) is 8.78. The van der Waals surface area contributed by atoms with E-state index in [-0.39, 0.29) is 42.0 Å². The minimum absolute atomic E-state index is 0.0542. The van der Waals surface area contributed by atoms with Crippen molar-refractivity contribution in [3.63, 3.8) is 0 Å². The summed E-state index contributed by atoms with van der Waals surface area (Å²) < 4.78 is 2.06. The molecule has 56 heavy (non-hydrogen) atoms. The number of anilines is 3. The first-order valence-electron chi connectivity index (χ1n) is 18.8. The Morgan fingerprint density at radius 1 is 0.857 bits per heavy atom. The average molecular weight is 754 g/mol. The van der Waals surface area contributed by atoms with Gasteiger partial charge in [-0.2, -0.15) is 0 Å². The van der Waals surface area contributed by atoms with Gasteiger partial charge in [-0.05, 0) is 74.2 Å². The number of hydrogen-bond donors (Lipinski definition) is 3. The summed E-state index contributed by atoms with van der Waals surface area (Å²) in [6.45, 7) is 5.32. The number of carbonyl (C=O) groups excluding carboxylic acids is 5. The van der Waals surface area contributed by atoms with E-state index in [4.69, 9.17) is 0 Å². The maximum Gasteiger partial charge on any atom is 0.270 e. The summed E-state index contributed by atoms with van der Waals surface area (Å²) in [6.07, 6.45) is 5.09. The standard InChI is InChI=1S/C40H39N11O5/c1-23-4-2-7-31(45-23)37(53)46-25-17-28(18-25)50-22-44-34-35(42-21-43-36(34)50)41-20-24-5-3-6-26(16-24)48-12-14-49(15-13-48)27-8-9-29-30(19-27)40(56)51(39(29)55)32-10-11-33(52)47-38(32)54/h2-9,16,19,21-22,25,28,32H,10-15,17-18,20H2,1H3,(H,46,53)(H,41,42,43)(H,47,52,54). The molecule has 1 unspecified atom stereocenters. The second kappa shape index (κ2) is 14.2. The van der Waals surface area contributed by atoms with Gasteiger partial charge in [0.1, 0.15) is 23.6 Å². The van der Waals surface area contributed by atoms with Gasteiger partial charge < -0.3 is 25.0 Å². The molecule has 2 saturated heterocycles. The Morgan fingerprint density at radius 2 is 1.61 bits per heavy atom. The van der Waals surface area contributed by atoms with Crippen LogP contribution in [-0.2, 0) is 16.1 Å². The largest absolute Gasteiger partial charge is 0.368 e. The molecule has 6 heterocycles. The summed E-state index contributed by atoms with van der Waals surface area (Å²) in [5.41, 5.74) is 6.24. The fourth-order valence-corrected chi connectivity index (χ4v) is 8.04. The lowest BCUT2D eigenvalue weighted by molar-refractivity contribution is -0.136. The van der Waals surface area contributed by atoms with Crippen LogP contribution in [0, 0.1) is 6.92 Å². The number of pyridine rings is 1. The minimum atomic E-state index is -0.990. The lowest BCUT2D eigenvalue weighted by atomic mass is 9.86. The molecule has 5 amide bonds. The predicted octanol–water partition coefficient (Wildman–Crippen LogP) is 3.00. The van der Waals surface area contributed by atoms with Crippen LogP contribution >= 0.6 is 0 Å². The van der Waals surface area contributed by atoms with E-state index in [9.17, 15) is 24.0 Å². The second-order valence-corrected chi connectivity index (χ2v) is 14.7. The van der Waals surface area contributed by atoms with E-state index >= 15 is 0 Å². The Hall–Kier alpha value is -6.71. The van der Waals surface area contributed by atoms with Crippen LogP contribution < -0.4 is 25.8 Å². The van der Waals surface area contributed by atoms with Crippen LogP contribution in [0.2, 0.25) is 0 Å². The quantitative estimate of drug-likeness (QED) is 0.187.